The molecule has 2 fully saturated rings. The molecule has 150 valence electrons. The Labute approximate surface area is 163 Å². The first-order chi connectivity index (χ1) is 13.2. The number of para-hydroxylation sites is 1. The Bertz CT molecular complexity index is 960. The van der Waals surface area contributed by atoms with E-state index in [-0.39, 0.29) is 48.2 Å². The van der Waals surface area contributed by atoms with Crippen LogP contribution in [0, 0.1) is 0 Å². The van der Waals surface area contributed by atoms with Crippen LogP contribution in [0.2, 0.25) is 0 Å². The highest BCUT2D eigenvalue weighted by atomic mass is 32.2. The van der Waals surface area contributed by atoms with Gasteiger partial charge in [0.1, 0.15) is 5.66 Å². The van der Waals surface area contributed by atoms with Crippen molar-refractivity contribution in [2.24, 2.45) is 0 Å². The number of nitrogens with one attached hydrogen (secondary N) is 1. The minimum Gasteiger partial charge on any atom is -0.352 e. The van der Waals surface area contributed by atoms with Crippen LogP contribution in [0.3, 0.4) is 0 Å². The van der Waals surface area contributed by atoms with Crippen molar-refractivity contribution in [2.45, 2.75) is 44.3 Å². The number of sulfone groups is 1. The van der Waals surface area contributed by atoms with E-state index < -0.39 is 15.5 Å². The third kappa shape index (κ3) is 3.07. The predicted molar refractivity (Wildman–Crippen MR) is 102 cm³/mol. The number of anilines is 1. The molecular weight excluding hydrogens is 382 g/mol. The Balaban J connectivity index is 1.50. The van der Waals surface area contributed by atoms with Gasteiger partial charge < -0.3 is 10.2 Å². The highest BCUT2D eigenvalue weighted by Gasteiger charge is 2.52. The van der Waals surface area contributed by atoms with Crippen molar-refractivity contribution in [1.82, 2.24) is 10.2 Å². The highest BCUT2D eigenvalue weighted by Crippen LogP contribution is 2.43. The van der Waals surface area contributed by atoms with E-state index in [2.05, 4.69) is 5.32 Å². The number of benzene rings is 1. The van der Waals surface area contributed by atoms with Crippen molar-refractivity contribution < 1.29 is 22.8 Å². The summed E-state index contributed by atoms with van der Waals surface area (Å²) >= 11 is 0. The number of fused-ring (bicyclic) bond motifs is 3. The zero-order valence-corrected chi connectivity index (χ0v) is 16.5. The number of rotatable bonds is 4. The van der Waals surface area contributed by atoms with Crippen LogP contribution in [0.15, 0.2) is 24.3 Å². The molecule has 0 saturated carbocycles. The lowest BCUT2D eigenvalue weighted by molar-refractivity contribution is -0.122. The lowest BCUT2D eigenvalue weighted by Crippen LogP contribution is -2.62. The van der Waals surface area contributed by atoms with Gasteiger partial charge in [-0.25, -0.2) is 8.42 Å². The first kappa shape index (κ1) is 18.9. The summed E-state index contributed by atoms with van der Waals surface area (Å²) < 4.78 is 23.1. The van der Waals surface area contributed by atoms with Gasteiger partial charge in [0.05, 0.1) is 22.8 Å². The van der Waals surface area contributed by atoms with Crippen molar-refractivity contribution in [3.63, 3.8) is 0 Å². The number of hydrogen-bond acceptors (Lipinski definition) is 5. The van der Waals surface area contributed by atoms with Crippen molar-refractivity contribution in [3.8, 4) is 0 Å². The van der Waals surface area contributed by atoms with Crippen LogP contribution in [0.4, 0.5) is 5.69 Å². The van der Waals surface area contributed by atoms with Gasteiger partial charge in [0.25, 0.3) is 5.91 Å². The molecule has 9 heteroatoms. The lowest BCUT2D eigenvalue weighted by Gasteiger charge is -2.48. The van der Waals surface area contributed by atoms with Crippen molar-refractivity contribution in [1.29, 1.82) is 0 Å². The van der Waals surface area contributed by atoms with Crippen LogP contribution in [0.1, 0.15) is 43.0 Å². The standard InChI is InChI=1S/C19H23N3O5S/c1-19-9-6-17(24)22(19)15-5-3-2-4-14(15)18(25)21(19)10-7-16(23)20-13-8-11-28(26,27)12-13/h2-5,13H,6-12H2,1H3,(H,20,23)/t13-,19-/m1/s1. The fourth-order valence-corrected chi connectivity index (χ4v) is 6.14. The van der Waals surface area contributed by atoms with Gasteiger partial charge in [-0.1, -0.05) is 12.1 Å². The first-order valence-corrected chi connectivity index (χ1v) is 11.3. The van der Waals surface area contributed by atoms with Crippen molar-refractivity contribution in [3.05, 3.63) is 29.8 Å². The van der Waals surface area contributed by atoms with Crippen LogP contribution in [-0.4, -0.2) is 60.8 Å². The molecule has 28 heavy (non-hydrogen) atoms. The summed E-state index contributed by atoms with van der Waals surface area (Å²) in [4.78, 5) is 41.2. The zero-order chi connectivity index (χ0) is 20.1. The summed E-state index contributed by atoms with van der Waals surface area (Å²) in [5, 5.41) is 2.75. The van der Waals surface area contributed by atoms with E-state index in [9.17, 15) is 22.8 Å². The number of amides is 3. The van der Waals surface area contributed by atoms with Crippen LogP contribution < -0.4 is 10.2 Å². The molecule has 1 N–H and O–H groups in total. The molecule has 0 radical (unpaired) electrons. The van der Waals surface area contributed by atoms with Crippen LogP contribution >= 0.6 is 0 Å². The monoisotopic (exact) mass is 405 g/mol. The molecule has 3 amide bonds. The zero-order valence-electron chi connectivity index (χ0n) is 15.7. The van der Waals surface area contributed by atoms with Crippen LogP contribution in [0.5, 0.6) is 0 Å². The second-order valence-electron chi connectivity index (χ2n) is 7.84. The average Bonchev–Trinajstić information content (AvgIpc) is 3.13. The Morgan fingerprint density at radius 1 is 1.29 bits per heavy atom. The summed E-state index contributed by atoms with van der Waals surface area (Å²) in [6.07, 6.45) is 1.33. The minimum atomic E-state index is -3.07. The molecule has 0 unspecified atom stereocenters. The number of carbonyl (C=O) groups is 3. The average molecular weight is 405 g/mol. The smallest absolute Gasteiger partial charge is 0.257 e. The van der Waals surface area contributed by atoms with E-state index in [1.54, 1.807) is 34.1 Å². The third-order valence-corrected chi connectivity index (χ3v) is 7.67. The van der Waals surface area contributed by atoms with Gasteiger partial charge in [0.15, 0.2) is 9.84 Å². The molecule has 2 atom stereocenters. The molecule has 0 aromatic heterocycles. The normalized spacial score (nSPS) is 28.2. The molecule has 3 heterocycles. The van der Waals surface area contributed by atoms with Crippen molar-refractivity contribution in [2.75, 3.05) is 23.0 Å². The second-order valence-corrected chi connectivity index (χ2v) is 10.1. The maximum atomic E-state index is 13.1. The molecule has 3 aliphatic rings. The van der Waals surface area contributed by atoms with Gasteiger partial charge in [-0.05, 0) is 31.9 Å². The summed E-state index contributed by atoms with van der Waals surface area (Å²) in [6, 6.07) is 6.66. The summed E-state index contributed by atoms with van der Waals surface area (Å²) in [5.74, 6) is -0.454. The first-order valence-electron chi connectivity index (χ1n) is 9.45. The van der Waals surface area contributed by atoms with Gasteiger partial charge in [-0.2, -0.15) is 0 Å². The molecule has 1 aromatic carbocycles. The molecule has 8 nitrogen and oxygen atoms in total. The number of nitrogens with zero attached hydrogens (tertiary/aromatic N) is 2. The second kappa shape index (κ2) is 6.58. The third-order valence-electron chi connectivity index (χ3n) is 5.91. The van der Waals surface area contributed by atoms with Crippen LogP contribution in [-0.2, 0) is 19.4 Å². The topological polar surface area (TPSA) is 104 Å². The van der Waals surface area contributed by atoms with Gasteiger partial charge in [0.2, 0.25) is 11.8 Å². The lowest BCUT2D eigenvalue weighted by atomic mass is 9.98. The fraction of sp³-hybridized carbons (Fsp3) is 0.526. The van der Waals surface area contributed by atoms with E-state index in [4.69, 9.17) is 0 Å². The van der Waals surface area contributed by atoms with E-state index >= 15 is 0 Å². The molecule has 1 aromatic rings. The van der Waals surface area contributed by atoms with E-state index in [0.717, 1.165) is 0 Å². The van der Waals surface area contributed by atoms with Crippen LogP contribution in [0.25, 0.3) is 0 Å². The summed E-state index contributed by atoms with van der Waals surface area (Å²) in [6.45, 7) is 2.02. The Morgan fingerprint density at radius 3 is 2.75 bits per heavy atom. The van der Waals surface area contributed by atoms with Crippen molar-refractivity contribution >= 4 is 33.2 Å². The Hall–Kier alpha value is -2.42. The molecule has 0 spiro atoms. The number of hydrogen-bond donors (Lipinski definition) is 1. The van der Waals surface area contributed by atoms with E-state index in [1.165, 1.54) is 0 Å². The molecule has 4 rings (SSSR count). The maximum Gasteiger partial charge on any atom is 0.257 e. The summed E-state index contributed by atoms with van der Waals surface area (Å²) in [7, 11) is -3.07. The van der Waals surface area contributed by atoms with Gasteiger partial charge in [-0.3, -0.25) is 19.3 Å². The SMILES string of the molecule is C[C@]12CCC(=O)N1c1ccccc1C(=O)N2CCC(=O)N[C@@H]1CCS(=O)(=O)C1. The molecular formula is C19H23N3O5S. The maximum absolute atomic E-state index is 13.1. The van der Waals surface area contributed by atoms with E-state index in [1.807, 2.05) is 6.92 Å². The van der Waals surface area contributed by atoms with E-state index in [0.29, 0.717) is 30.5 Å². The molecule has 0 bridgehead atoms. The van der Waals surface area contributed by atoms with Gasteiger partial charge in [0, 0.05) is 25.4 Å². The molecule has 2 saturated heterocycles. The number of carbonyl (C=O) groups excluding carboxylic acids is 3. The molecule has 3 aliphatic heterocycles. The Kier molecular flexibility index (Phi) is 4.45. The Morgan fingerprint density at radius 2 is 2.04 bits per heavy atom. The quantitative estimate of drug-likeness (QED) is 0.793. The van der Waals surface area contributed by atoms with Gasteiger partial charge >= 0.3 is 0 Å². The minimum absolute atomic E-state index is 0.0330. The predicted octanol–water partition coefficient (Wildman–Crippen LogP) is 0.679. The largest absolute Gasteiger partial charge is 0.352 e. The highest BCUT2D eigenvalue weighted by molar-refractivity contribution is 7.91. The van der Waals surface area contributed by atoms with Gasteiger partial charge in [-0.15, -0.1) is 0 Å². The fourth-order valence-electron chi connectivity index (χ4n) is 4.46. The summed E-state index contributed by atoms with van der Waals surface area (Å²) in [5.41, 5.74) is 0.284. The molecule has 0 aliphatic carbocycles.